The van der Waals surface area contributed by atoms with Crippen LogP contribution in [-0.2, 0) is 18.4 Å². The van der Waals surface area contributed by atoms with E-state index in [2.05, 4.69) is 15.5 Å². The SMILES string of the molecule is CCC(NC(=O)Cn1nc(C)cc1N)c1cnn(C)c1. The molecular formula is C13H20N6O. The van der Waals surface area contributed by atoms with Gasteiger partial charge in [-0.3, -0.25) is 9.48 Å². The number of aryl methyl sites for hydroxylation is 2. The molecule has 2 rings (SSSR count). The molecule has 0 aromatic carbocycles. The summed E-state index contributed by atoms with van der Waals surface area (Å²) in [6.45, 7) is 3.98. The molecule has 7 heteroatoms. The molecule has 1 unspecified atom stereocenters. The van der Waals surface area contributed by atoms with Crippen LogP contribution in [0.1, 0.15) is 30.6 Å². The molecule has 0 spiro atoms. The van der Waals surface area contributed by atoms with Gasteiger partial charge >= 0.3 is 0 Å². The molecule has 2 aromatic rings. The number of nitrogens with zero attached hydrogens (tertiary/aromatic N) is 4. The number of nitrogens with two attached hydrogens (primary N) is 1. The van der Waals surface area contributed by atoms with E-state index in [-0.39, 0.29) is 18.5 Å². The Morgan fingerprint density at radius 1 is 1.55 bits per heavy atom. The van der Waals surface area contributed by atoms with Crippen molar-refractivity contribution in [1.29, 1.82) is 0 Å². The smallest absolute Gasteiger partial charge is 0.242 e. The maximum atomic E-state index is 12.1. The Balaban J connectivity index is 2.01. The molecule has 7 nitrogen and oxygen atoms in total. The van der Waals surface area contributed by atoms with Gasteiger partial charge in [0.05, 0.1) is 17.9 Å². The van der Waals surface area contributed by atoms with Crippen LogP contribution >= 0.6 is 0 Å². The van der Waals surface area contributed by atoms with Gasteiger partial charge in [0.25, 0.3) is 0 Å². The Morgan fingerprint density at radius 3 is 2.80 bits per heavy atom. The van der Waals surface area contributed by atoms with Crippen LogP contribution in [0, 0.1) is 6.92 Å². The largest absolute Gasteiger partial charge is 0.384 e. The molecule has 1 amide bonds. The third-order valence-corrected chi connectivity index (χ3v) is 3.10. The van der Waals surface area contributed by atoms with Crippen LogP contribution in [0.4, 0.5) is 5.82 Å². The lowest BCUT2D eigenvalue weighted by atomic mass is 10.1. The molecular weight excluding hydrogens is 256 g/mol. The summed E-state index contributed by atoms with van der Waals surface area (Å²) in [6, 6.07) is 1.69. The fourth-order valence-corrected chi connectivity index (χ4v) is 2.11. The molecule has 0 saturated heterocycles. The standard InChI is InChI=1S/C13H20N6O/c1-4-11(10-6-15-18(3)7-10)16-13(20)8-19-12(14)5-9(2)17-19/h5-7,11H,4,8,14H2,1-3H3,(H,16,20). The zero-order valence-corrected chi connectivity index (χ0v) is 12.0. The maximum absolute atomic E-state index is 12.1. The lowest BCUT2D eigenvalue weighted by molar-refractivity contribution is -0.122. The Kier molecular flexibility index (Phi) is 4.07. The number of nitrogen functional groups attached to an aromatic ring is 1. The van der Waals surface area contributed by atoms with Gasteiger partial charge in [-0.2, -0.15) is 10.2 Å². The van der Waals surface area contributed by atoms with Gasteiger partial charge in [0.15, 0.2) is 0 Å². The van der Waals surface area contributed by atoms with Crippen molar-refractivity contribution in [3.8, 4) is 0 Å². The summed E-state index contributed by atoms with van der Waals surface area (Å²) in [4.78, 5) is 12.1. The van der Waals surface area contributed by atoms with Crippen molar-refractivity contribution in [2.45, 2.75) is 32.9 Å². The van der Waals surface area contributed by atoms with E-state index in [0.29, 0.717) is 5.82 Å². The predicted octanol–water partition coefficient (Wildman–Crippen LogP) is 0.775. The summed E-state index contributed by atoms with van der Waals surface area (Å²) < 4.78 is 3.22. The second-order valence-corrected chi connectivity index (χ2v) is 4.84. The minimum absolute atomic E-state index is 0.0471. The number of anilines is 1. The van der Waals surface area contributed by atoms with Crippen LogP contribution in [0.25, 0.3) is 0 Å². The first-order chi connectivity index (χ1) is 9.49. The van der Waals surface area contributed by atoms with Gasteiger partial charge in [-0.15, -0.1) is 0 Å². The van der Waals surface area contributed by atoms with E-state index in [1.807, 2.05) is 27.1 Å². The summed E-state index contributed by atoms with van der Waals surface area (Å²) >= 11 is 0. The van der Waals surface area contributed by atoms with Crippen LogP contribution in [0.3, 0.4) is 0 Å². The normalized spacial score (nSPS) is 12.3. The van der Waals surface area contributed by atoms with Crippen molar-refractivity contribution in [3.05, 3.63) is 29.7 Å². The van der Waals surface area contributed by atoms with Crippen molar-refractivity contribution in [3.63, 3.8) is 0 Å². The summed E-state index contributed by atoms with van der Waals surface area (Å²) in [5.74, 6) is 0.377. The second-order valence-electron chi connectivity index (χ2n) is 4.84. The lowest BCUT2D eigenvalue weighted by Crippen LogP contribution is -2.31. The first-order valence-electron chi connectivity index (χ1n) is 6.57. The van der Waals surface area contributed by atoms with Gasteiger partial charge in [0.1, 0.15) is 12.4 Å². The highest BCUT2D eigenvalue weighted by Gasteiger charge is 2.15. The summed E-state index contributed by atoms with van der Waals surface area (Å²) in [6.07, 6.45) is 4.47. The average Bonchev–Trinajstić information content (AvgIpc) is 2.93. The van der Waals surface area contributed by atoms with Gasteiger partial charge < -0.3 is 11.1 Å². The van der Waals surface area contributed by atoms with E-state index in [9.17, 15) is 4.79 Å². The predicted molar refractivity (Wildman–Crippen MR) is 75.8 cm³/mol. The summed E-state index contributed by atoms with van der Waals surface area (Å²) in [5.41, 5.74) is 7.57. The number of carbonyl (C=O) groups is 1. The fourth-order valence-electron chi connectivity index (χ4n) is 2.11. The van der Waals surface area contributed by atoms with E-state index in [4.69, 9.17) is 5.73 Å². The number of hydrogen-bond acceptors (Lipinski definition) is 4. The highest BCUT2D eigenvalue weighted by Crippen LogP contribution is 2.15. The van der Waals surface area contributed by atoms with E-state index >= 15 is 0 Å². The average molecular weight is 276 g/mol. The minimum atomic E-state index is -0.115. The van der Waals surface area contributed by atoms with Crippen molar-refractivity contribution in [2.75, 3.05) is 5.73 Å². The molecule has 0 aliphatic heterocycles. The van der Waals surface area contributed by atoms with E-state index in [0.717, 1.165) is 17.7 Å². The van der Waals surface area contributed by atoms with Crippen molar-refractivity contribution in [2.24, 2.45) is 7.05 Å². The number of amides is 1. The third kappa shape index (κ3) is 3.17. The van der Waals surface area contributed by atoms with Crippen LogP contribution in [0.5, 0.6) is 0 Å². The van der Waals surface area contributed by atoms with Crippen molar-refractivity contribution < 1.29 is 4.79 Å². The molecule has 0 aliphatic carbocycles. The van der Waals surface area contributed by atoms with E-state index in [1.54, 1.807) is 16.9 Å². The van der Waals surface area contributed by atoms with Crippen LogP contribution in [0.2, 0.25) is 0 Å². The molecule has 0 fully saturated rings. The van der Waals surface area contributed by atoms with Crippen LogP contribution < -0.4 is 11.1 Å². The van der Waals surface area contributed by atoms with Crippen molar-refractivity contribution >= 4 is 11.7 Å². The van der Waals surface area contributed by atoms with Gasteiger partial charge in [0.2, 0.25) is 5.91 Å². The Morgan fingerprint density at radius 2 is 2.30 bits per heavy atom. The second kappa shape index (κ2) is 5.77. The Bertz CT molecular complexity index is 600. The lowest BCUT2D eigenvalue weighted by Gasteiger charge is -2.15. The molecule has 0 saturated carbocycles. The highest BCUT2D eigenvalue weighted by atomic mass is 16.2. The number of rotatable bonds is 5. The van der Waals surface area contributed by atoms with Gasteiger partial charge in [0, 0.05) is 24.9 Å². The van der Waals surface area contributed by atoms with Crippen LogP contribution in [0.15, 0.2) is 18.5 Å². The first-order valence-corrected chi connectivity index (χ1v) is 6.57. The van der Waals surface area contributed by atoms with Gasteiger partial charge in [-0.05, 0) is 13.3 Å². The summed E-state index contributed by atoms with van der Waals surface area (Å²) in [5, 5.41) is 11.3. The van der Waals surface area contributed by atoms with E-state index in [1.165, 1.54) is 4.68 Å². The topological polar surface area (TPSA) is 90.8 Å². The Labute approximate surface area is 117 Å². The number of hydrogen-bond donors (Lipinski definition) is 2. The van der Waals surface area contributed by atoms with E-state index < -0.39 is 0 Å². The molecule has 2 aromatic heterocycles. The zero-order chi connectivity index (χ0) is 14.7. The van der Waals surface area contributed by atoms with Gasteiger partial charge in [-0.1, -0.05) is 6.92 Å². The highest BCUT2D eigenvalue weighted by molar-refractivity contribution is 5.76. The maximum Gasteiger partial charge on any atom is 0.242 e. The molecule has 0 radical (unpaired) electrons. The molecule has 3 N–H and O–H groups in total. The molecule has 1 atom stereocenters. The molecule has 0 aliphatic rings. The minimum Gasteiger partial charge on any atom is -0.384 e. The van der Waals surface area contributed by atoms with Crippen LogP contribution in [-0.4, -0.2) is 25.5 Å². The molecule has 2 heterocycles. The first kappa shape index (κ1) is 14.1. The molecule has 0 bridgehead atoms. The fraction of sp³-hybridized carbons (Fsp3) is 0.462. The number of carbonyl (C=O) groups excluding carboxylic acids is 1. The quantitative estimate of drug-likeness (QED) is 0.844. The molecule has 108 valence electrons. The van der Waals surface area contributed by atoms with Crippen molar-refractivity contribution in [1.82, 2.24) is 24.9 Å². The summed E-state index contributed by atoms with van der Waals surface area (Å²) in [7, 11) is 1.85. The molecule has 20 heavy (non-hydrogen) atoms. The third-order valence-electron chi connectivity index (χ3n) is 3.10. The zero-order valence-electron chi connectivity index (χ0n) is 12.0. The monoisotopic (exact) mass is 276 g/mol. The Hall–Kier alpha value is -2.31. The number of nitrogens with one attached hydrogen (secondary N) is 1. The van der Waals surface area contributed by atoms with Gasteiger partial charge in [-0.25, -0.2) is 4.68 Å². The number of aromatic nitrogens is 4.